The average molecular weight is 481 g/mol. The summed E-state index contributed by atoms with van der Waals surface area (Å²) in [5.74, 6) is -1.67. The molecule has 1 aliphatic rings. The standard InChI is InChI=1S/C24H17ClN2O5S/c1-12-3-5-14(23(30)31)9-17(12)20-8-7-16(32-20)11-18-21(28)26-24(33)27(22(18)29)15-6-4-13(2)19(25)10-15/h3-11H,1-2H3,(H,30,31)(H,26,28,33)/b18-11+. The van der Waals surface area contributed by atoms with Crippen molar-refractivity contribution in [3.63, 3.8) is 0 Å². The highest BCUT2D eigenvalue weighted by Gasteiger charge is 2.35. The molecule has 166 valence electrons. The molecule has 0 atom stereocenters. The van der Waals surface area contributed by atoms with Crippen LogP contribution in [0.2, 0.25) is 5.02 Å². The molecule has 1 fully saturated rings. The van der Waals surface area contributed by atoms with Crippen molar-refractivity contribution in [1.82, 2.24) is 5.32 Å². The number of rotatable bonds is 4. The summed E-state index contributed by atoms with van der Waals surface area (Å²) in [7, 11) is 0. The topological polar surface area (TPSA) is 99.8 Å². The lowest BCUT2D eigenvalue weighted by atomic mass is 10.0. The molecule has 0 radical (unpaired) electrons. The first-order valence-electron chi connectivity index (χ1n) is 9.77. The van der Waals surface area contributed by atoms with Gasteiger partial charge in [-0.1, -0.05) is 23.7 Å². The molecule has 0 aliphatic carbocycles. The Balaban J connectivity index is 1.70. The van der Waals surface area contributed by atoms with Crippen LogP contribution in [0.5, 0.6) is 0 Å². The first-order valence-corrected chi connectivity index (χ1v) is 10.6. The molecule has 9 heteroatoms. The van der Waals surface area contributed by atoms with E-state index >= 15 is 0 Å². The zero-order valence-corrected chi connectivity index (χ0v) is 19.1. The molecule has 2 amide bonds. The molecule has 0 spiro atoms. The van der Waals surface area contributed by atoms with Gasteiger partial charge in [0.15, 0.2) is 5.11 Å². The molecule has 0 bridgehead atoms. The quantitative estimate of drug-likeness (QED) is 0.317. The van der Waals surface area contributed by atoms with Gasteiger partial charge in [-0.3, -0.25) is 19.8 Å². The fourth-order valence-electron chi connectivity index (χ4n) is 3.35. The fourth-order valence-corrected chi connectivity index (χ4v) is 3.81. The highest BCUT2D eigenvalue weighted by Crippen LogP contribution is 2.30. The number of amides is 2. The number of furan rings is 1. The Kier molecular flexibility index (Phi) is 5.88. The maximum absolute atomic E-state index is 13.2. The normalized spacial score (nSPS) is 15.2. The number of aryl methyl sites for hydroxylation is 2. The lowest BCUT2D eigenvalue weighted by Gasteiger charge is -2.29. The van der Waals surface area contributed by atoms with E-state index in [9.17, 15) is 19.5 Å². The highest BCUT2D eigenvalue weighted by atomic mass is 35.5. The smallest absolute Gasteiger partial charge is 0.335 e. The lowest BCUT2D eigenvalue weighted by Crippen LogP contribution is -2.54. The van der Waals surface area contributed by atoms with Crippen molar-refractivity contribution in [3.8, 4) is 11.3 Å². The third kappa shape index (κ3) is 4.30. The van der Waals surface area contributed by atoms with Crippen molar-refractivity contribution in [2.45, 2.75) is 13.8 Å². The summed E-state index contributed by atoms with van der Waals surface area (Å²) in [6.45, 7) is 3.66. The molecule has 2 N–H and O–H groups in total. The van der Waals surface area contributed by atoms with E-state index in [4.69, 9.17) is 28.2 Å². The Morgan fingerprint density at radius 2 is 1.82 bits per heavy atom. The number of carbonyl (C=O) groups excluding carboxylic acids is 2. The minimum Gasteiger partial charge on any atom is -0.478 e. The Hall–Kier alpha value is -3.75. The van der Waals surface area contributed by atoms with Crippen molar-refractivity contribution in [2.75, 3.05) is 4.90 Å². The van der Waals surface area contributed by atoms with E-state index in [-0.39, 0.29) is 22.0 Å². The van der Waals surface area contributed by atoms with E-state index in [1.807, 2.05) is 13.8 Å². The molecule has 0 saturated carbocycles. The number of aromatic carboxylic acids is 1. The predicted octanol–water partition coefficient (Wildman–Crippen LogP) is 4.75. The molecule has 0 unspecified atom stereocenters. The van der Waals surface area contributed by atoms with Crippen molar-refractivity contribution in [2.24, 2.45) is 0 Å². The van der Waals surface area contributed by atoms with Crippen LogP contribution in [0.15, 0.2) is 58.5 Å². The summed E-state index contributed by atoms with van der Waals surface area (Å²) in [4.78, 5) is 38.2. The van der Waals surface area contributed by atoms with Crippen LogP contribution in [-0.2, 0) is 9.59 Å². The number of halogens is 1. The Labute approximate surface area is 199 Å². The molecule has 7 nitrogen and oxygen atoms in total. The maximum Gasteiger partial charge on any atom is 0.335 e. The van der Waals surface area contributed by atoms with Crippen LogP contribution in [0.1, 0.15) is 27.2 Å². The SMILES string of the molecule is Cc1ccc(N2C(=O)/C(=C/c3ccc(-c4cc(C(=O)O)ccc4C)o3)C(=O)NC2=S)cc1Cl. The average Bonchev–Trinajstić information content (AvgIpc) is 3.22. The third-order valence-electron chi connectivity index (χ3n) is 5.18. The number of hydrogen-bond acceptors (Lipinski definition) is 5. The van der Waals surface area contributed by atoms with Gasteiger partial charge >= 0.3 is 5.97 Å². The Morgan fingerprint density at radius 3 is 2.52 bits per heavy atom. The van der Waals surface area contributed by atoms with Crippen molar-refractivity contribution >= 4 is 58.5 Å². The summed E-state index contributed by atoms with van der Waals surface area (Å²) in [6, 6.07) is 13.0. The molecule has 1 saturated heterocycles. The number of benzene rings is 2. The second-order valence-electron chi connectivity index (χ2n) is 7.43. The van der Waals surface area contributed by atoms with E-state index in [0.29, 0.717) is 22.0 Å². The number of anilines is 1. The Morgan fingerprint density at radius 1 is 1.09 bits per heavy atom. The van der Waals surface area contributed by atoms with E-state index < -0.39 is 17.8 Å². The second-order valence-corrected chi connectivity index (χ2v) is 8.22. The van der Waals surface area contributed by atoms with Gasteiger partial charge in [-0.05, 0) is 79.7 Å². The van der Waals surface area contributed by atoms with Gasteiger partial charge in [0.25, 0.3) is 11.8 Å². The molecule has 1 aliphatic heterocycles. The molecular formula is C24H17ClN2O5S. The fraction of sp³-hybridized carbons (Fsp3) is 0.0833. The van der Waals surface area contributed by atoms with Crippen molar-refractivity contribution in [1.29, 1.82) is 0 Å². The van der Waals surface area contributed by atoms with Gasteiger partial charge < -0.3 is 9.52 Å². The monoisotopic (exact) mass is 480 g/mol. The maximum atomic E-state index is 13.2. The van der Waals surface area contributed by atoms with Gasteiger partial charge in [-0.2, -0.15) is 0 Å². The number of carboxylic acid groups (broad SMARTS) is 1. The molecule has 33 heavy (non-hydrogen) atoms. The number of carboxylic acids is 1. The number of nitrogens with one attached hydrogen (secondary N) is 1. The summed E-state index contributed by atoms with van der Waals surface area (Å²) in [5, 5.41) is 12.2. The van der Waals surface area contributed by atoms with E-state index in [1.54, 1.807) is 36.4 Å². The van der Waals surface area contributed by atoms with Gasteiger partial charge in [0.2, 0.25) is 0 Å². The second kappa shape index (κ2) is 8.65. The van der Waals surface area contributed by atoms with Gasteiger partial charge in [-0.15, -0.1) is 0 Å². The van der Waals surface area contributed by atoms with E-state index in [1.165, 1.54) is 23.1 Å². The van der Waals surface area contributed by atoms with Crippen molar-refractivity contribution < 1.29 is 23.9 Å². The molecular weight excluding hydrogens is 464 g/mol. The largest absolute Gasteiger partial charge is 0.478 e. The molecule has 2 aromatic carbocycles. The Bertz CT molecular complexity index is 1370. The number of thiocarbonyl (C=S) groups is 1. The summed E-state index contributed by atoms with van der Waals surface area (Å²) < 4.78 is 5.81. The summed E-state index contributed by atoms with van der Waals surface area (Å²) >= 11 is 11.4. The van der Waals surface area contributed by atoms with E-state index in [2.05, 4.69) is 5.32 Å². The van der Waals surface area contributed by atoms with Crippen LogP contribution in [0.4, 0.5) is 5.69 Å². The molecule has 2 heterocycles. The third-order valence-corrected chi connectivity index (χ3v) is 5.87. The zero-order chi connectivity index (χ0) is 23.9. The van der Waals surface area contributed by atoms with Gasteiger partial charge in [-0.25, -0.2) is 4.79 Å². The zero-order valence-electron chi connectivity index (χ0n) is 17.5. The van der Waals surface area contributed by atoms with Crippen LogP contribution >= 0.6 is 23.8 Å². The molecule has 1 aromatic heterocycles. The van der Waals surface area contributed by atoms with Gasteiger partial charge in [0.1, 0.15) is 17.1 Å². The predicted molar refractivity (Wildman–Crippen MR) is 128 cm³/mol. The minimum atomic E-state index is -1.05. The van der Waals surface area contributed by atoms with E-state index in [0.717, 1.165) is 11.1 Å². The summed E-state index contributed by atoms with van der Waals surface area (Å²) in [5.41, 5.74) is 2.62. The minimum absolute atomic E-state index is 0.0525. The van der Waals surface area contributed by atoms with Crippen LogP contribution < -0.4 is 10.2 Å². The van der Waals surface area contributed by atoms with Crippen LogP contribution in [0, 0.1) is 13.8 Å². The number of carbonyl (C=O) groups is 3. The van der Waals surface area contributed by atoms with Gasteiger partial charge in [0.05, 0.1) is 11.3 Å². The van der Waals surface area contributed by atoms with Crippen molar-refractivity contribution in [3.05, 3.63) is 81.6 Å². The lowest BCUT2D eigenvalue weighted by molar-refractivity contribution is -0.122. The van der Waals surface area contributed by atoms with Crippen LogP contribution in [-0.4, -0.2) is 28.0 Å². The van der Waals surface area contributed by atoms with Crippen LogP contribution in [0.25, 0.3) is 17.4 Å². The highest BCUT2D eigenvalue weighted by molar-refractivity contribution is 7.80. The van der Waals surface area contributed by atoms with Crippen LogP contribution in [0.3, 0.4) is 0 Å². The summed E-state index contributed by atoms with van der Waals surface area (Å²) in [6.07, 6.45) is 1.32. The first-order chi connectivity index (χ1) is 15.7. The number of hydrogen-bond donors (Lipinski definition) is 2. The number of nitrogens with zero attached hydrogens (tertiary/aromatic N) is 1. The first kappa shape index (κ1) is 22.4. The molecule has 3 aromatic rings. The van der Waals surface area contributed by atoms with Gasteiger partial charge in [0, 0.05) is 10.6 Å². The molecule has 4 rings (SSSR count).